The Morgan fingerprint density at radius 2 is 1.03 bits per heavy atom. The minimum Gasteiger partial charge on any atom is -0.465 e. The zero-order valence-electron chi connectivity index (χ0n) is 19.4. The van der Waals surface area contributed by atoms with Crippen molar-refractivity contribution in [3.8, 4) is 0 Å². The van der Waals surface area contributed by atoms with Crippen LogP contribution in [-0.2, 0) is 38.1 Å². The smallest absolute Gasteiger partial charge is 0.323 e. The normalized spacial score (nSPS) is 34.6. The molecular formula is C24H34O8. The number of carbonyl (C=O) groups excluding carboxylic acids is 4. The second kappa shape index (κ2) is 8.03. The lowest BCUT2D eigenvalue weighted by Crippen LogP contribution is -2.44. The molecule has 4 aliphatic rings. The van der Waals surface area contributed by atoms with Crippen molar-refractivity contribution < 1.29 is 38.1 Å². The van der Waals surface area contributed by atoms with E-state index in [1.54, 1.807) is 27.7 Å². The number of hydrogen-bond acceptors (Lipinski definition) is 8. The number of esters is 4. The van der Waals surface area contributed by atoms with Gasteiger partial charge in [-0.2, -0.15) is 0 Å². The minimum atomic E-state index is -1.31. The van der Waals surface area contributed by atoms with Gasteiger partial charge in [0.05, 0.1) is 26.4 Å². The Balaban J connectivity index is 1.66. The molecule has 32 heavy (non-hydrogen) atoms. The molecule has 0 heterocycles. The lowest BCUT2D eigenvalue weighted by molar-refractivity contribution is -0.177. The Labute approximate surface area is 188 Å². The molecule has 4 rings (SSSR count). The zero-order valence-corrected chi connectivity index (χ0v) is 19.4. The van der Waals surface area contributed by atoms with Gasteiger partial charge in [0.1, 0.15) is 0 Å². The van der Waals surface area contributed by atoms with Crippen LogP contribution < -0.4 is 0 Å². The van der Waals surface area contributed by atoms with Gasteiger partial charge in [-0.3, -0.25) is 19.2 Å². The molecule has 4 fully saturated rings. The molecule has 0 aliphatic heterocycles. The van der Waals surface area contributed by atoms with Gasteiger partial charge in [0, 0.05) is 0 Å². The van der Waals surface area contributed by atoms with E-state index in [1.807, 2.05) is 0 Å². The van der Waals surface area contributed by atoms with Crippen LogP contribution in [0.3, 0.4) is 0 Å². The molecule has 0 aromatic carbocycles. The highest BCUT2D eigenvalue weighted by atomic mass is 16.6. The second-order valence-corrected chi connectivity index (χ2v) is 9.76. The lowest BCUT2D eigenvalue weighted by atomic mass is 9.73. The molecule has 4 aliphatic carbocycles. The maximum absolute atomic E-state index is 13.1. The summed E-state index contributed by atoms with van der Waals surface area (Å²) in [5.41, 5.74) is -2.83. The summed E-state index contributed by atoms with van der Waals surface area (Å²) in [4.78, 5) is 52.1. The Bertz CT molecular complexity index is 783. The van der Waals surface area contributed by atoms with Gasteiger partial charge in [-0.15, -0.1) is 0 Å². The van der Waals surface area contributed by atoms with E-state index in [4.69, 9.17) is 18.9 Å². The van der Waals surface area contributed by atoms with Crippen molar-refractivity contribution in [2.75, 3.05) is 26.4 Å². The minimum absolute atomic E-state index is 0.0748. The van der Waals surface area contributed by atoms with Crippen molar-refractivity contribution >= 4 is 23.9 Å². The van der Waals surface area contributed by atoms with E-state index >= 15 is 0 Å². The third kappa shape index (κ3) is 3.08. The fourth-order valence-corrected chi connectivity index (χ4v) is 7.13. The zero-order chi connectivity index (χ0) is 23.3. The fraction of sp³-hybridized carbons (Fsp3) is 0.833. The van der Waals surface area contributed by atoms with Crippen molar-refractivity contribution in [1.29, 1.82) is 0 Å². The lowest BCUT2D eigenvalue weighted by Gasteiger charge is -2.31. The van der Waals surface area contributed by atoms with E-state index in [0.717, 1.165) is 6.42 Å². The van der Waals surface area contributed by atoms with Gasteiger partial charge in [0.25, 0.3) is 0 Å². The topological polar surface area (TPSA) is 105 Å². The van der Waals surface area contributed by atoms with Crippen molar-refractivity contribution in [2.24, 2.45) is 39.9 Å². The Morgan fingerprint density at radius 3 is 1.47 bits per heavy atom. The monoisotopic (exact) mass is 450 g/mol. The molecule has 8 nitrogen and oxygen atoms in total. The molecule has 4 saturated carbocycles. The molecule has 5 atom stereocenters. The van der Waals surface area contributed by atoms with Crippen LogP contribution in [0.2, 0.25) is 0 Å². The number of hydrogen-bond donors (Lipinski definition) is 0. The molecule has 0 aromatic heterocycles. The third-order valence-electron chi connectivity index (χ3n) is 8.39. The van der Waals surface area contributed by atoms with Crippen molar-refractivity contribution in [2.45, 2.75) is 59.8 Å². The molecule has 0 radical (unpaired) electrons. The molecule has 0 bridgehead atoms. The first kappa shape index (κ1) is 23.1. The van der Waals surface area contributed by atoms with Gasteiger partial charge < -0.3 is 18.9 Å². The molecule has 0 unspecified atom stereocenters. The maximum Gasteiger partial charge on any atom is 0.323 e. The first-order valence-corrected chi connectivity index (χ1v) is 12.0. The average Bonchev–Trinajstić information content (AvgIpc) is 3.60. The van der Waals surface area contributed by atoms with Crippen LogP contribution in [0.1, 0.15) is 59.8 Å². The summed E-state index contributed by atoms with van der Waals surface area (Å²) < 4.78 is 21.3. The molecule has 0 N–H and O–H groups in total. The largest absolute Gasteiger partial charge is 0.465 e. The number of fused-ring (bicyclic) bond motifs is 2. The number of carbonyl (C=O) groups is 4. The van der Waals surface area contributed by atoms with Crippen molar-refractivity contribution in [1.82, 2.24) is 0 Å². The van der Waals surface area contributed by atoms with E-state index in [-0.39, 0.29) is 55.5 Å². The van der Waals surface area contributed by atoms with Crippen LogP contribution in [0.5, 0.6) is 0 Å². The molecule has 1 spiro atoms. The Kier molecular flexibility index (Phi) is 5.78. The van der Waals surface area contributed by atoms with Gasteiger partial charge in [0.2, 0.25) is 0 Å². The van der Waals surface area contributed by atoms with Crippen LogP contribution >= 0.6 is 0 Å². The van der Waals surface area contributed by atoms with E-state index < -0.39 is 34.7 Å². The second-order valence-electron chi connectivity index (χ2n) is 9.76. The van der Waals surface area contributed by atoms with Crippen LogP contribution in [-0.4, -0.2) is 50.3 Å². The average molecular weight is 451 g/mol. The summed E-state index contributed by atoms with van der Waals surface area (Å²) in [6, 6.07) is 0. The van der Waals surface area contributed by atoms with E-state index in [1.165, 1.54) is 0 Å². The standard InChI is InChI=1S/C24H34O8/c1-5-29-18(25)22(19(26)30-6-2)10-14-9-15(14)24-13-23(20(27)31-7-3,21(28)32-8-4)12-17(24)16(24)11-22/h14-17H,5-13H2,1-4H3/t14-,15-,16+,17+,24+/m1/s1. The maximum atomic E-state index is 13.1. The van der Waals surface area contributed by atoms with Gasteiger partial charge >= 0.3 is 23.9 Å². The van der Waals surface area contributed by atoms with Crippen molar-refractivity contribution in [3.63, 3.8) is 0 Å². The van der Waals surface area contributed by atoms with Crippen molar-refractivity contribution in [3.05, 3.63) is 0 Å². The third-order valence-corrected chi connectivity index (χ3v) is 8.39. The number of ether oxygens (including phenoxy) is 4. The van der Waals surface area contributed by atoms with Crippen LogP contribution in [0.25, 0.3) is 0 Å². The van der Waals surface area contributed by atoms with E-state index in [0.29, 0.717) is 25.7 Å². The predicted octanol–water partition coefficient (Wildman–Crippen LogP) is 2.67. The Morgan fingerprint density at radius 1 is 0.625 bits per heavy atom. The summed E-state index contributed by atoms with van der Waals surface area (Å²) in [6.07, 6.45) is 2.36. The van der Waals surface area contributed by atoms with E-state index in [9.17, 15) is 19.2 Å². The van der Waals surface area contributed by atoms with Gasteiger partial charge in [-0.1, -0.05) is 0 Å². The highest BCUT2D eigenvalue weighted by molar-refractivity contribution is 6.02. The summed E-state index contributed by atoms with van der Waals surface area (Å²) >= 11 is 0. The molecule has 0 saturated heterocycles. The first-order valence-electron chi connectivity index (χ1n) is 12.0. The first-order chi connectivity index (χ1) is 15.3. The van der Waals surface area contributed by atoms with Gasteiger partial charge in [0.15, 0.2) is 10.8 Å². The number of rotatable bonds is 8. The van der Waals surface area contributed by atoms with Gasteiger partial charge in [-0.05, 0) is 88.9 Å². The molecule has 0 aromatic rings. The summed E-state index contributed by atoms with van der Waals surface area (Å²) in [5.74, 6) is -1.42. The molecular weight excluding hydrogens is 416 g/mol. The van der Waals surface area contributed by atoms with E-state index in [2.05, 4.69) is 0 Å². The van der Waals surface area contributed by atoms with Crippen LogP contribution in [0, 0.1) is 39.9 Å². The SMILES string of the molecule is CCOC(=O)C1(C(=O)OCC)C[C@H]2C[C@H]2[C@]23CC(C(=O)OCC)(C(=O)OCC)C[C@H]2[C@@H]3C1. The summed E-state index contributed by atoms with van der Waals surface area (Å²) in [5, 5.41) is 0. The molecule has 8 heteroatoms. The predicted molar refractivity (Wildman–Crippen MR) is 111 cm³/mol. The Hall–Kier alpha value is -2.12. The van der Waals surface area contributed by atoms with Gasteiger partial charge in [-0.25, -0.2) is 0 Å². The van der Waals surface area contributed by atoms with Crippen LogP contribution in [0.15, 0.2) is 0 Å². The fourth-order valence-electron chi connectivity index (χ4n) is 7.13. The highest BCUT2D eigenvalue weighted by Crippen LogP contribution is 2.85. The highest BCUT2D eigenvalue weighted by Gasteiger charge is 2.84. The van der Waals surface area contributed by atoms with Crippen LogP contribution in [0.4, 0.5) is 0 Å². The summed E-state index contributed by atoms with van der Waals surface area (Å²) in [7, 11) is 0. The quantitative estimate of drug-likeness (QED) is 0.316. The molecule has 0 amide bonds. The summed E-state index contributed by atoms with van der Waals surface area (Å²) in [6.45, 7) is 7.70. The molecule has 178 valence electrons.